The van der Waals surface area contributed by atoms with Crippen molar-refractivity contribution in [2.75, 3.05) is 5.32 Å². The summed E-state index contributed by atoms with van der Waals surface area (Å²) in [5, 5.41) is 6.11. The molecular formula is C21H22N4O. The second-order valence-electron chi connectivity index (χ2n) is 6.04. The smallest absolute Gasteiger partial charge is 0.254 e. The molecule has 5 heteroatoms. The number of para-hydroxylation sites is 1. The highest BCUT2D eigenvalue weighted by molar-refractivity contribution is 5.93. The Hall–Kier alpha value is -3.21. The van der Waals surface area contributed by atoms with E-state index in [0.29, 0.717) is 18.1 Å². The number of rotatable bonds is 6. The molecule has 0 saturated heterocycles. The van der Waals surface area contributed by atoms with Crippen LogP contribution in [0, 0.1) is 6.92 Å². The number of hydrogen-bond acceptors (Lipinski definition) is 4. The maximum Gasteiger partial charge on any atom is 0.254 e. The number of aromatic nitrogens is 2. The van der Waals surface area contributed by atoms with Gasteiger partial charge in [0.15, 0.2) is 0 Å². The van der Waals surface area contributed by atoms with Gasteiger partial charge in [0.25, 0.3) is 5.91 Å². The second kappa shape index (κ2) is 8.25. The first kappa shape index (κ1) is 17.6. The van der Waals surface area contributed by atoms with Crippen molar-refractivity contribution < 1.29 is 4.79 Å². The topological polar surface area (TPSA) is 66.9 Å². The van der Waals surface area contributed by atoms with Crippen molar-refractivity contribution in [2.24, 2.45) is 0 Å². The Labute approximate surface area is 153 Å². The fourth-order valence-corrected chi connectivity index (χ4v) is 2.67. The fourth-order valence-electron chi connectivity index (χ4n) is 2.67. The van der Waals surface area contributed by atoms with Gasteiger partial charge in [-0.15, -0.1) is 0 Å². The molecule has 0 spiro atoms. The first-order valence-electron chi connectivity index (χ1n) is 8.67. The minimum absolute atomic E-state index is 0.186. The summed E-state index contributed by atoms with van der Waals surface area (Å²) in [4.78, 5) is 20.8. The lowest BCUT2D eigenvalue weighted by molar-refractivity contribution is 0.0950. The monoisotopic (exact) mass is 346 g/mol. The Kier molecular flexibility index (Phi) is 5.59. The summed E-state index contributed by atoms with van der Waals surface area (Å²) in [5.74, 6) is 0.287. The van der Waals surface area contributed by atoms with Crippen LogP contribution in [0.5, 0.6) is 0 Å². The van der Waals surface area contributed by atoms with Crippen molar-refractivity contribution in [2.45, 2.75) is 26.8 Å². The van der Waals surface area contributed by atoms with E-state index in [1.54, 1.807) is 0 Å². The molecule has 0 radical (unpaired) electrons. The number of aryl methyl sites for hydroxylation is 2. The predicted octanol–water partition coefficient (Wildman–Crippen LogP) is 4.02. The number of benzene rings is 2. The van der Waals surface area contributed by atoms with Crippen LogP contribution in [0.4, 0.5) is 11.6 Å². The summed E-state index contributed by atoms with van der Waals surface area (Å²) in [6.07, 6.45) is 4.00. The summed E-state index contributed by atoms with van der Waals surface area (Å²) in [5.41, 5.74) is 4.85. The highest BCUT2D eigenvalue weighted by atomic mass is 16.1. The van der Waals surface area contributed by atoms with Gasteiger partial charge in [-0.05, 0) is 36.1 Å². The summed E-state index contributed by atoms with van der Waals surface area (Å²) >= 11 is 0. The molecule has 0 atom stereocenters. The third-order valence-electron chi connectivity index (χ3n) is 4.26. The zero-order chi connectivity index (χ0) is 18.4. The van der Waals surface area contributed by atoms with E-state index in [1.165, 1.54) is 18.0 Å². The van der Waals surface area contributed by atoms with Gasteiger partial charge in [0.1, 0.15) is 0 Å². The van der Waals surface area contributed by atoms with E-state index < -0.39 is 0 Å². The zero-order valence-electron chi connectivity index (χ0n) is 15.0. The van der Waals surface area contributed by atoms with Crippen molar-refractivity contribution in [1.29, 1.82) is 0 Å². The maximum atomic E-state index is 12.3. The first-order chi connectivity index (χ1) is 12.7. The molecule has 1 heterocycles. The van der Waals surface area contributed by atoms with E-state index in [1.807, 2.05) is 49.4 Å². The minimum Gasteiger partial charge on any atom is -0.348 e. The average molecular weight is 346 g/mol. The molecule has 0 bridgehead atoms. The third-order valence-corrected chi connectivity index (χ3v) is 4.26. The summed E-state index contributed by atoms with van der Waals surface area (Å²) < 4.78 is 0. The normalized spacial score (nSPS) is 10.4. The lowest BCUT2D eigenvalue weighted by atomic mass is 10.1. The first-order valence-corrected chi connectivity index (χ1v) is 8.67. The molecule has 26 heavy (non-hydrogen) atoms. The third kappa shape index (κ3) is 4.25. The number of nitrogens with zero attached hydrogens (tertiary/aromatic N) is 2. The van der Waals surface area contributed by atoms with Crippen molar-refractivity contribution in [3.05, 3.63) is 83.2 Å². The highest BCUT2D eigenvalue weighted by Crippen LogP contribution is 2.18. The average Bonchev–Trinajstić information content (AvgIpc) is 2.68. The van der Waals surface area contributed by atoms with Crippen LogP contribution >= 0.6 is 0 Å². The van der Waals surface area contributed by atoms with E-state index in [4.69, 9.17) is 0 Å². The largest absolute Gasteiger partial charge is 0.348 e. The summed E-state index contributed by atoms with van der Waals surface area (Å²) in [6, 6.07) is 16.0. The van der Waals surface area contributed by atoms with Crippen molar-refractivity contribution >= 4 is 17.5 Å². The van der Waals surface area contributed by atoms with Gasteiger partial charge in [0.2, 0.25) is 5.95 Å². The number of hydrogen-bond donors (Lipinski definition) is 2. The molecule has 1 amide bonds. The second-order valence-corrected chi connectivity index (χ2v) is 6.04. The van der Waals surface area contributed by atoms with E-state index >= 15 is 0 Å². The number of carbonyl (C=O) groups excluding carboxylic acids is 1. The lowest BCUT2D eigenvalue weighted by Gasteiger charge is -2.10. The summed E-state index contributed by atoms with van der Waals surface area (Å²) in [6.45, 7) is 4.61. The molecule has 2 aromatic carbocycles. The Morgan fingerprint density at radius 2 is 1.62 bits per heavy atom. The fraction of sp³-hybridized carbons (Fsp3) is 0.190. The molecule has 0 aliphatic carbocycles. The molecule has 5 nitrogen and oxygen atoms in total. The molecule has 132 valence electrons. The van der Waals surface area contributed by atoms with Crippen LogP contribution in [-0.2, 0) is 13.0 Å². The van der Waals surface area contributed by atoms with Crippen molar-refractivity contribution in [1.82, 2.24) is 15.3 Å². The molecule has 3 aromatic rings. The van der Waals surface area contributed by atoms with Crippen LogP contribution in [0.2, 0.25) is 0 Å². The Morgan fingerprint density at radius 1 is 0.962 bits per heavy atom. The maximum absolute atomic E-state index is 12.3. The highest BCUT2D eigenvalue weighted by Gasteiger charge is 2.08. The molecule has 0 unspecified atom stereocenters. The zero-order valence-corrected chi connectivity index (χ0v) is 15.0. The van der Waals surface area contributed by atoms with Crippen LogP contribution < -0.4 is 10.6 Å². The van der Waals surface area contributed by atoms with Gasteiger partial charge < -0.3 is 10.6 Å². The number of amides is 1. The van der Waals surface area contributed by atoms with Crippen molar-refractivity contribution in [3.8, 4) is 0 Å². The number of carbonyl (C=O) groups is 1. The predicted molar refractivity (Wildman–Crippen MR) is 103 cm³/mol. The molecule has 0 saturated carbocycles. The van der Waals surface area contributed by atoms with Gasteiger partial charge in [-0.1, -0.05) is 49.4 Å². The van der Waals surface area contributed by atoms with Crippen LogP contribution in [0.1, 0.15) is 34.0 Å². The van der Waals surface area contributed by atoms with E-state index in [-0.39, 0.29) is 5.91 Å². The van der Waals surface area contributed by atoms with Crippen LogP contribution in [-0.4, -0.2) is 15.9 Å². The van der Waals surface area contributed by atoms with E-state index in [9.17, 15) is 4.79 Å². The van der Waals surface area contributed by atoms with Gasteiger partial charge in [0.05, 0.1) is 5.56 Å². The van der Waals surface area contributed by atoms with Crippen LogP contribution in [0.3, 0.4) is 0 Å². The van der Waals surface area contributed by atoms with Gasteiger partial charge in [0, 0.05) is 24.6 Å². The summed E-state index contributed by atoms with van der Waals surface area (Å²) in [7, 11) is 0. The Bertz CT molecular complexity index is 891. The van der Waals surface area contributed by atoms with Crippen molar-refractivity contribution in [3.63, 3.8) is 0 Å². The molecule has 2 N–H and O–H groups in total. The van der Waals surface area contributed by atoms with E-state index in [0.717, 1.165) is 23.2 Å². The molecule has 0 aliphatic rings. The van der Waals surface area contributed by atoms with Gasteiger partial charge >= 0.3 is 0 Å². The van der Waals surface area contributed by atoms with Crippen LogP contribution in [0.25, 0.3) is 0 Å². The molecule has 3 rings (SSSR count). The van der Waals surface area contributed by atoms with Gasteiger partial charge in [-0.25, -0.2) is 9.97 Å². The quantitative estimate of drug-likeness (QED) is 0.707. The molecular weight excluding hydrogens is 324 g/mol. The molecule has 0 fully saturated rings. The minimum atomic E-state index is -0.186. The SMILES string of the molecule is CCc1ccccc1Nc1ncc(C(=O)NCc2ccccc2C)cn1. The number of nitrogens with one attached hydrogen (secondary N) is 2. The number of anilines is 2. The molecule has 1 aromatic heterocycles. The molecule has 0 aliphatic heterocycles. The standard InChI is InChI=1S/C21H22N4O/c1-3-16-9-6-7-11-19(16)25-21-23-13-18(14-24-21)20(26)22-12-17-10-5-4-8-15(17)2/h4-11,13-14H,3,12H2,1-2H3,(H,22,26)(H,23,24,25). The lowest BCUT2D eigenvalue weighted by Crippen LogP contribution is -2.23. The Morgan fingerprint density at radius 3 is 2.31 bits per heavy atom. The van der Waals surface area contributed by atoms with E-state index in [2.05, 4.69) is 33.6 Å². The Balaban J connectivity index is 1.63. The van der Waals surface area contributed by atoms with Gasteiger partial charge in [-0.3, -0.25) is 4.79 Å². The van der Waals surface area contributed by atoms with Crippen LogP contribution in [0.15, 0.2) is 60.9 Å². The van der Waals surface area contributed by atoms with Gasteiger partial charge in [-0.2, -0.15) is 0 Å².